The molecular weight excluding hydrogens is 332 g/mol. The van der Waals surface area contributed by atoms with Crippen molar-refractivity contribution in [3.63, 3.8) is 0 Å². The number of carbonyl (C=O) groups is 1. The molecule has 138 valence electrons. The highest BCUT2D eigenvalue weighted by atomic mass is 16.5. The maximum Gasteiger partial charge on any atom is 0.322 e. The molecule has 6 nitrogen and oxygen atoms in total. The summed E-state index contributed by atoms with van der Waals surface area (Å²) < 4.78 is 16.3. The second-order valence-corrected chi connectivity index (χ2v) is 6.12. The van der Waals surface area contributed by atoms with E-state index < -0.39 is 0 Å². The molecule has 1 heterocycles. The average molecular weight is 356 g/mol. The van der Waals surface area contributed by atoms with Crippen molar-refractivity contribution in [1.29, 1.82) is 0 Å². The first-order valence-electron chi connectivity index (χ1n) is 8.64. The second-order valence-electron chi connectivity index (χ2n) is 6.12. The monoisotopic (exact) mass is 356 g/mol. The Bertz CT molecular complexity index is 778. The first-order chi connectivity index (χ1) is 12.7. The van der Waals surface area contributed by atoms with Gasteiger partial charge in [0.25, 0.3) is 0 Å². The van der Waals surface area contributed by atoms with Gasteiger partial charge in [-0.25, -0.2) is 4.79 Å². The molecule has 2 aromatic carbocycles. The minimum Gasteiger partial charge on any atom is -0.493 e. The zero-order chi connectivity index (χ0) is 18.5. The van der Waals surface area contributed by atoms with Crippen LogP contribution in [-0.4, -0.2) is 39.4 Å². The van der Waals surface area contributed by atoms with E-state index in [9.17, 15) is 4.79 Å². The fourth-order valence-electron chi connectivity index (χ4n) is 3.25. The van der Waals surface area contributed by atoms with Gasteiger partial charge in [0.1, 0.15) is 6.61 Å². The number of hydrogen-bond acceptors (Lipinski definition) is 4. The van der Waals surface area contributed by atoms with Crippen molar-refractivity contribution in [2.75, 3.05) is 32.3 Å². The van der Waals surface area contributed by atoms with Gasteiger partial charge in [-0.05, 0) is 37.1 Å². The standard InChI is InChI=1S/C20H24N2O4/c1-14-13-15-7-4-5-8-16(15)22(14)20(23)21-11-12-26-18-10-6-9-17(24-2)19(18)25-3/h4-10,14H,11-13H2,1-3H3,(H,21,23). The Morgan fingerprint density at radius 1 is 1.12 bits per heavy atom. The number of nitrogens with zero attached hydrogens (tertiary/aromatic N) is 1. The number of hydrogen-bond donors (Lipinski definition) is 1. The number of amides is 2. The van der Waals surface area contributed by atoms with Crippen LogP contribution < -0.4 is 24.4 Å². The van der Waals surface area contributed by atoms with Crippen LogP contribution in [-0.2, 0) is 6.42 Å². The number of urea groups is 1. The molecule has 1 aliphatic heterocycles. The molecule has 0 saturated carbocycles. The van der Waals surface area contributed by atoms with E-state index in [4.69, 9.17) is 14.2 Å². The van der Waals surface area contributed by atoms with Gasteiger partial charge >= 0.3 is 6.03 Å². The minimum absolute atomic E-state index is 0.108. The summed E-state index contributed by atoms with van der Waals surface area (Å²) in [6.45, 7) is 2.78. The summed E-state index contributed by atoms with van der Waals surface area (Å²) >= 11 is 0. The van der Waals surface area contributed by atoms with Crippen LogP contribution in [0.3, 0.4) is 0 Å². The van der Waals surface area contributed by atoms with Gasteiger partial charge in [0, 0.05) is 11.7 Å². The molecule has 1 atom stereocenters. The maximum atomic E-state index is 12.6. The van der Waals surface area contributed by atoms with Crippen LogP contribution in [0.15, 0.2) is 42.5 Å². The fourth-order valence-corrected chi connectivity index (χ4v) is 3.25. The molecule has 1 N–H and O–H groups in total. The van der Waals surface area contributed by atoms with Crippen molar-refractivity contribution in [2.45, 2.75) is 19.4 Å². The molecule has 0 radical (unpaired) electrons. The first kappa shape index (κ1) is 17.9. The molecule has 1 aliphatic rings. The fraction of sp³-hybridized carbons (Fsp3) is 0.350. The van der Waals surface area contributed by atoms with Gasteiger partial charge in [-0.3, -0.25) is 4.90 Å². The summed E-state index contributed by atoms with van der Waals surface area (Å²) in [5.74, 6) is 1.74. The zero-order valence-electron chi connectivity index (χ0n) is 15.3. The van der Waals surface area contributed by atoms with Crippen molar-refractivity contribution in [2.24, 2.45) is 0 Å². The van der Waals surface area contributed by atoms with Gasteiger partial charge in [-0.2, -0.15) is 0 Å². The van der Waals surface area contributed by atoms with Crippen molar-refractivity contribution >= 4 is 11.7 Å². The number of ether oxygens (including phenoxy) is 3. The number of benzene rings is 2. The number of nitrogens with one attached hydrogen (secondary N) is 1. The topological polar surface area (TPSA) is 60.0 Å². The number of fused-ring (bicyclic) bond motifs is 1. The Kier molecular flexibility index (Phi) is 5.51. The third-order valence-electron chi connectivity index (χ3n) is 4.43. The Hall–Kier alpha value is -2.89. The lowest BCUT2D eigenvalue weighted by molar-refractivity contribution is 0.239. The summed E-state index contributed by atoms with van der Waals surface area (Å²) in [6.07, 6.45) is 0.876. The van der Waals surface area contributed by atoms with Gasteiger partial charge in [0.15, 0.2) is 11.5 Å². The van der Waals surface area contributed by atoms with E-state index in [1.165, 1.54) is 5.56 Å². The lowest BCUT2D eigenvalue weighted by atomic mass is 10.1. The van der Waals surface area contributed by atoms with Crippen LogP contribution >= 0.6 is 0 Å². The lowest BCUT2D eigenvalue weighted by Crippen LogP contribution is -2.44. The molecule has 2 aromatic rings. The van der Waals surface area contributed by atoms with E-state index in [0.717, 1.165) is 12.1 Å². The van der Waals surface area contributed by atoms with E-state index in [-0.39, 0.29) is 12.1 Å². The summed E-state index contributed by atoms with van der Waals surface area (Å²) in [6, 6.07) is 13.5. The first-order valence-corrected chi connectivity index (χ1v) is 8.64. The Morgan fingerprint density at radius 3 is 2.65 bits per heavy atom. The predicted molar refractivity (Wildman–Crippen MR) is 101 cm³/mol. The quantitative estimate of drug-likeness (QED) is 0.807. The maximum absolute atomic E-state index is 12.6. The van der Waals surface area contributed by atoms with E-state index >= 15 is 0 Å². The van der Waals surface area contributed by atoms with Crippen LogP contribution in [0.4, 0.5) is 10.5 Å². The van der Waals surface area contributed by atoms with Crippen molar-refractivity contribution in [3.05, 3.63) is 48.0 Å². The highest BCUT2D eigenvalue weighted by molar-refractivity contribution is 5.94. The van der Waals surface area contributed by atoms with Crippen molar-refractivity contribution in [3.8, 4) is 17.2 Å². The number of carbonyl (C=O) groups excluding carboxylic acids is 1. The van der Waals surface area contributed by atoms with E-state index in [1.54, 1.807) is 20.3 Å². The smallest absolute Gasteiger partial charge is 0.322 e. The number of rotatable bonds is 6. The largest absolute Gasteiger partial charge is 0.493 e. The van der Waals surface area contributed by atoms with E-state index in [0.29, 0.717) is 30.4 Å². The van der Waals surface area contributed by atoms with Crippen molar-refractivity contribution < 1.29 is 19.0 Å². The Balaban J connectivity index is 1.55. The molecule has 26 heavy (non-hydrogen) atoms. The predicted octanol–water partition coefficient (Wildman–Crippen LogP) is 3.24. The third-order valence-corrected chi connectivity index (χ3v) is 4.43. The molecular formula is C20H24N2O4. The number of para-hydroxylation sites is 2. The second kappa shape index (κ2) is 7.99. The third kappa shape index (κ3) is 3.54. The highest BCUT2D eigenvalue weighted by Gasteiger charge is 2.30. The average Bonchev–Trinajstić information content (AvgIpc) is 3.00. The Labute approximate surface area is 153 Å². The van der Waals surface area contributed by atoms with E-state index in [1.807, 2.05) is 35.2 Å². The normalized spacial score (nSPS) is 15.3. The molecule has 0 bridgehead atoms. The van der Waals surface area contributed by atoms with Gasteiger partial charge in [0.2, 0.25) is 5.75 Å². The Morgan fingerprint density at radius 2 is 1.88 bits per heavy atom. The summed E-state index contributed by atoms with van der Waals surface area (Å²) in [5.41, 5.74) is 2.18. The summed E-state index contributed by atoms with van der Waals surface area (Å²) in [4.78, 5) is 14.4. The molecule has 0 aromatic heterocycles. The van der Waals surface area contributed by atoms with Gasteiger partial charge in [-0.15, -0.1) is 0 Å². The van der Waals surface area contributed by atoms with Gasteiger partial charge in [0.05, 0.1) is 20.8 Å². The van der Waals surface area contributed by atoms with Crippen molar-refractivity contribution in [1.82, 2.24) is 5.32 Å². The summed E-state index contributed by atoms with van der Waals surface area (Å²) in [7, 11) is 3.15. The molecule has 6 heteroatoms. The van der Waals surface area contributed by atoms with Crippen LogP contribution in [0.5, 0.6) is 17.2 Å². The molecule has 0 fully saturated rings. The molecule has 2 amide bonds. The number of methoxy groups -OCH3 is 2. The SMILES string of the molecule is COc1cccc(OCCNC(=O)N2c3ccccc3CC2C)c1OC. The minimum atomic E-state index is -0.108. The molecule has 0 saturated heterocycles. The molecule has 1 unspecified atom stereocenters. The summed E-state index contributed by atoms with van der Waals surface area (Å²) in [5, 5.41) is 2.92. The molecule has 0 aliphatic carbocycles. The van der Waals surface area contributed by atoms with Crippen LogP contribution in [0, 0.1) is 0 Å². The zero-order valence-corrected chi connectivity index (χ0v) is 15.3. The van der Waals surface area contributed by atoms with Gasteiger partial charge in [-0.1, -0.05) is 24.3 Å². The number of anilines is 1. The van der Waals surface area contributed by atoms with Crippen LogP contribution in [0.2, 0.25) is 0 Å². The van der Waals surface area contributed by atoms with E-state index in [2.05, 4.69) is 18.3 Å². The van der Waals surface area contributed by atoms with Crippen LogP contribution in [0.1, 0.15) is 12.5 Å². The lowest BCUT2D eigenvalue weighted by Gasteiger charge is -2.23. The molecule has 0 spiro atoms. The van der Waals surface area contributed by atoms with Gasteiger partial charge < -0.3 is 19.5 Å². The van der Waals surface area contributed by atoms with Crippen LogP contribution in [0.25, 0.3) is 0 Å². The highest BCUT2D eigenvalue weighted by Crippen LogP contribution is 2.36. The molecule has 3 rings (SSSR count).